The molecule has 0 aromatic carbocycles. The first-order valence-corrected chi connectivity index (χ1v) is 7.21. The molecule has 0 aromatic rings. The molecule has 0 bridgehead atoms. The van der Waals surface area contributed by atoms with Crippen molar-refractivity contribution >= 4 is 11.9 Å². The van der Waals surface area contributed by atoms with E-state index in [1.165, 1.54) is 0 Å². The standard InChI is InChI=1S/C12H21FN2OS/c1-15-6-7-17-14-12(11(15)8-16)9-2-4-10(13)5-3-9/h2,4,9-12,14,16H,3,5-8H2,1H3. The molecule has 1 heterocycles. The summed E-state index contributed by atoms with van der Waals surface area (Å²) in [6.07, 6.45) is 4.33. The van der Waals surface area contributed by atoms with Crippen LogP contribution in [0.5, 0.6) is 0 Å². The maximum atomic E-state index is 13.1. The molecular weight excluding hydrogens is 239 g/mol. The number of aliphatic hydroxyl groups is 1. The van der Waals surface area contributed by atoms with Crippen LogP contribution in [0.4, 0.5) is 4.39 Å². The van der Waals surface area contributed by atoms with Gasteiger partial charge in [-0.1, -0.05) is 24.1 Å². The number of alkyl halides is 1. The van der Waals surface area contributed by atoms with Gasteiger partial charge in [0, 0.05) is 24.4 Å². The summed E-state index contributed by atoms with van der Waals surface area (Å²) in [7, 11) is 2.05. The van der Waals surface area contributed by atoms with Gasteiger partial charge in [0.1, 0.15) is 6.17 Å². The first kappa shape index (κ1) is 13.3. The lowest BCUT2D eigenvalue weighted by atomic mass is 9.85. The molecular formula is C12H21FN2OS. The number of halogens is 1. The van der Waals surface area contributed by atoms with Crippen molar-refractivity contribution in [2.45, 2.75) is 31.1 Å². The molecule has 0 spiro atoms. The van der Waals surface area contributed by atoms with E-state index < -0.39 is 6.17 Å². The van der Waals surface area contributed by atoms with Crippen molar-refractivity contribution < 1.29 is 9.50 Å². The lowest BCUT2D eigenvalue weighted by molar-refractivity contribution is 0.113. The molecule has 1 saturated heterocycles. The van der Waals surface area contributed by atoms with Crippen molar-refractivity contribution in [2.24, 2.45) is 5.92 Å². The summed E-state index contributed by atoms with van der Waals surface area (Å²) in [5, 5.41) is 9.55. The fourth-order valence-electron chi connectivity index (χ4n) is 2.60. The number of aliphatic hydroxyl groups excluding tert-OH is 1. The molecule has 1 aliphatic carbocycles. The number of hydrogen-bond acceptors (Lipinski definition) is 4. The number of rotatable bonds is 2. The van der Waals surface area contributed by atoms with Gasteiger partial charge < -0.3 is 5.11 Å². The summed E-state index contributed by atoms with van der Waals surface area (Å²) in [6.45, 7) is 1.12. The summed E-state index contributed by atoms with van der Waals surface area (Å²) in [6, 6.07) is 0.331. The summed E-state index contributed by atoms with van der Waals surface area (Å²) in [5.74, 6) is 1.35. The first-order chi connectivity index (χ1) is 8.22. The van der Waals surface area contributed by atoms with Gasteiger partial charge in [-0.15, -0.1) is 0 Å². The second kappa shape index (κ2) is 6.18. The van der Waals surface area contributed by atoms with E-state index in [9.17, 15) is 9.50 Å². The molecule has 4 atom stereocenters. The Kier molecular flexibility index (Phi) is 4.85. The zero-order chi connectivity index (χ0) is 12.3. The molecule has 2 N–H and O–H groups in total. The van der Waals surface area contributed by atoms with E-state index >= 15 is 0 Å². The van der Waals surface area contributed by atoms with Gasteiger partial charge in [0.2, 0.25) is 0 Å². The Hall–Kier alpha value is -0.100. The zero-order valence-electron chi connectivity index (χ0n) is 10.2. The van der Waals surface area contributed by atoms with Gasteiger partial charge in [-0.3, -0.25) is 9.62 Å². The Bertz CT molecular complexity index is 277. The molecule has 0 radical (unpaired) electrons. The maximum Gasteiger partial charge on any atom is 0.118 e. The Balaban J connectivity index is 2.08. The van der Waals surface area contributed by atoms with Crippen LogP contribution < -0.4 is 4.72 Å². The van der Waals surface area contributed by atoms with Crippen LogP contribution in [-0.4, -0.2) is 54.2 Å². The highest BCUT2D eigenvalue weighted by molar-refractivity contribution is 7.97. The third kappa shape index (κ3) is 3.22. The Labute approximate surface area is 107 Å². The van der Waals surface area contributed by atoms with E-state index in [1.807, 2.05) is 13.1 Å². The molecule has 98 valence electrons. The van der Waals surface area contributed by atoms with Crippen LogP contribution in [-0.2, 0) is 0 Å². The van der Waals surface area contributed by atoms with Gasteiger partial charge in [-0.25, -0.2) is 4.39 Å². The maximum absolute atomic E-state index is 13.1. The normalized spacial score (nSPS) is 40.2. The molecule has 2 rings (SSSR count). The monoisotopic (exact) mass is 260 g/mol. The summed E-state index contributed by atoms with van der Waals surface area (Å²) in [4.78, 5) is 2.20. The van der Waals surface area contributed by atoms with Gasteiger partial charge in [0.15, 0.2) is 0 Å². The van der Waals surface area contributed by atoms with Gasteiger partial charge in [-0.2, -0.15) is 0 Å². The summed E-state index contributed by atoms with van der Waals surface area (Å²) in [5.41, 5.74) is 0. The minimum absolute atomic E-state index is 0.121. The SMILES string of the molecule is CN1CCSNC(C2C=CC(F)CC2)C1CO. The topological polar surface area (TPSA) is 35.5 Å². The molecule has 4 unspecified atom stereocenters. The highest BCUT2D eigenvalue weighted by atomic mass is 32.2. The molecule has 0 amide bonds. The lowest BCUT2D eigenvalue weighted by Gasteiger charge is -2.35. The lowest BCUT2D eigenvalue weighted by Crippen LogP contribution is -2.51. The van der Waals surface area contributed by atoms with Crippen LogP contribution in [0.15, 0.2) is 12.2 Å². The average Bonchev–Trinajstić information content (AvgIpc) is 2.52. The van der Waals surface area contributed by atoms with E-state index in [0.717, 1.165) is 18.7 Å². The van der Waals surface area contributed by atoms with E-state index in [4.69, 9.17) is 0 Å². The second-order valence-electron chi connectivity index (χ2n) is 4.86. The van der Waals surface area contributed by atoms with Crippen molar-refractivity contribution in [3.05, 3.63) is 12.2 Å². The molecule has 1 aliphatic heterocycles. The summed E-state index contributed by atoms with van der Waals surface area (Å²) >= 11 is 1.71. The number of nitrogens with one attached hydrogen (secondary N) is 1. The Morgan fingerprint density at radius 3 is 2.94 bits per heavy atom. The zero-order valence-corrected chi connectivity index (χ0v) is 11.0. The molecule has 1 fully saturated rings. The van der Waals surface area contributed by atoms with Crippen LogP contribution in [0, 0.1) is 5.92 Å². The largest absolute Gasteiger partial charge is 0.395 e. The fraction of sp³-hybridized carbons (Fsp3) is 0.833. The Morgan fingerprint density at radius 1 is 1.47 bits per heavy atom. The van der Waals surface area contributed by atoms with Crippen LogP contribution in [0.1, 0.15) is 12.8 Å². The van der Waals surface area contributed by atoms with Crippen LogP contribution in [0.2, 0.25) is 0 Å². The van der Waals surface area contributed by atoms with E-state index in [-0.39, 0.29) is 18.7 Å². The van der Waals surface area contributed by atoms with Gasteiger partial charge in [0.25, 0.3) is 0 Å². The number of likely N-dealkylation sites (N-methyl/N-ethyl adjacent to an activating group) is 1. The highest BCUT2D eigenvalue weighted by Crippen LogP contribution is 2.27. The summed E-state index contributed by atoms with van der Waals surface area (Å²) < 4.78 is 16.5. The third-order valence-electron chi connectivity index (χ3n) is 3.74. The molecule has 2 aliphatic rings. The fourth-order valence-corrected chi connectivity index (χ4v) is 3.62. The van der Waals surface area contributed by atoms with Crippen molar-refractivity contribution in [3.8, 4) is 0 Å². The molecule has 5 heteroatoms. The minimum atomic E-state index is -0.782. The third-order valence-corrected chi connectivity index (χ3v) is 4.56. The average molecular weight is 260 g/mol. The number of nitrogens with zero attached hydrogens (tertiary/aromatic N) is 1. The smallest absolute Gasteiger partial charge is 0.118 e. The highest BCUT2D eigenvalue weighted by Gasteiger charge is 2.33. The van der Waals surface area contributed by atoms with Crippen molar-refractivity contribution in [1.82, 2.24) is 9.62 Å². The number of allylic oxidation sites excluding steroid dienone is 1. The van der Waals surface area contributed by atoms with E-state index in [2.05, 4.69) is 9.62 Å². The van der Waals surface area contributed by atoms with Gasteiger partial charge in [0.05, 0.1) is 6.61 Å². The van der Waals surface area contributed by atoms with Crippen molar-refractivity contribution in [2.75, 3.05) is 26.0 Å². The van der Waals surface area contributed by atoms with Crippen LogP contribution >= 0.6 is 11.9 Å². The predicted octanol–water partition coefficient (Wildman–Crippen LogP) is 1.20. The Morgan fingerprint density at radius 2 is 2.29 bits per heavy atom. The van der Waals surface area contributed by atoms with Gasteiger partial charge in [-0.05, 0) is 25.8 Å². The molecule has 0 saturated carbocycles. The quantitative estimate of drug-likeness (QED) is 0.578. The first-order valence-electron chi connectivity index (χ1n) is 6.23. The van der Waals surface area contributed by atoms with Crippen molar-refractivity contribution in [3.63, 3.8) is 0 Å². The molecule has 0 aromatic heterocycles. The van der Waals surface area contributed by atoms with E-state index in [0.29, 0.717) is 12.3 Å². The molecule has 17 heavy (non-hydrogen) atoms. The predicted molar refractivity (Wildman–Crippen MR) is 69.6 cm³/mol. The van der Waals surface area contributed by atoms with Crippen LogP contribution in [0.3, 0.4) is 0 Å². The van der Waals surface area contributed by atoms with E-state index in [1.54, 1.807) is 18.0 Å². The molecule has 3 nitrogen and oxygen atoms in total. The van der Waals surface area contributed by atoms with Gasteiger partial charge >= 0.3 is 0 Å². The number of hydrogen-bond donors (Lipinski definition) is 2. The van der Waals surface area contributed by atoms with Crippen LogP contribution in [0.25, 0.3) is 0 Å². The second-order valence-corrected chi connectivity index (χ2v) is 5.80. The minimum Gasteiger partial charge on any atom is -0.395 e. The van der Waals surface area contributed by atoms with Crippen molar-refractivity contribution in [1.29, 1.82) is 0 Å².